The summed E-state index contributed by atoms with van der Waals surface area (Å²) in [6, 6.07) is 3.69. The number of nitrogen functional groups attached to an aromatic ring is 1. The quantitative estimate of drug-likeness (QED) is 0.772. The molecule has 2 rings (SSSR count). The van der Waals surface area contributed by atoms with E-state index in [1.54, 1.807) is 6.07 Å². The molecule has 0 saturated carbocycles. The number of fused-ring (bicyclic) bond motifs is 1. The van der Waals surface area contributed by atoms with Gasteiger partial charge < -0.3 is 25.2 Å². The van der Waals surface area contributed by atoms with E-state index >= 15 is 0 Å². The van der Waals surface area contributed by atoms with Gasteiger partial charge in [0.15, 0.2) is 11.5 Å². The van der Waals surface area contributed by atoms with E-state index in [0.717, 1.165) is 24.4 Å². The molecule has 18 heavy (non-hydrogen) atoms. The molecule has 0 amide bonds. The standard InChI is InChI=1S/C13H20N2O3/c1-2-3-15(4-5-16)11-9-13-12(8-10(11)14)17-6-7-18-13/h8-9,16H,2-7,14H2,1H3. The monoisotopic (exact) mass is 252 g/mol. The van der Waals surface area contributed by atoms with Gasteiger partial charge in [-0.05, 0) is 6.42 Å². The van der Waals surface area contributed by atoms with Crippen LogP contribution in [0.2, 0.25) is 0 Å². The molecular formula is C13H20N2O3. The summed E-state index contributed by atoms with van der Waals surface area (Å²) in [7, 11) is 0. The van der Waals surface area contributed by atoms with Crippen molar-refractivity contribution >= 4 is 11.4 Å². The van der Waals surface area contributed by atoms with Gasteiger partial charge in [-0.25, -0.2) is 0 Å². The summed E-state index contributed by atoms with van der Waals surface area (Å²) in [6.45, 7) is 4.74. The maximum Gasteiger partial charge on any atom is 0.163 e. The Morgan fingerprint density at radius 1 is 1.22 bits per heavy atom. The molecule has 0 radical (unpaired) electrons. The van der Waals surface area contributed by atoms with Crippen molar-refractivity contribution in [2.45, 2.75) is 13.3 Å². The number of hydrogen-bond acceptors (Lipinski definition) is 5. The first-order chi connectivity index (χ1) is 8.76. The van der Waals surface area contributed by atoms with Crippen LogP contribution in [0.1, 0.15) is 13.3 Å². The largest absolute Gasteiger partial charge is 0.486 e. The Balaban J connectivity index is 2.30. The molecule has 0 aliphatic carbocycles. The van der Waals surface area contributed by atoms with Crippen molar-refractivity contribution in [3.63, 3.8) is 0 Å². The van der Waals surface area contributed by atoms with Crippen molar-refractivity contribution in [1.82, 2.24) is 0 Å². The summed E-state index contributed by atoms with van der Waals surface area (Å²) in [5.74, 6) is 1.42. The van der Waals surface area contributed by atoms with E-state index in [1.165, 1.54) is 0 Å². The minimum Gasteiger partial charge on any atom is -0.486 e. The molecule has 1 heterocycles. The summed E-state index contributed by atoms with van der Waals surface area (Å²) in [5.41, 5.74) is 7.60. The molecule has 100 valence electrons. The Labute approximate surface area is 107 Å². The third-order valence-electron chi connectivity index (χ3n) is 2.90. The van der Waals surface area contributed by atoms with E-state index in [1.807, 2.05) is 6.07 Å². The first-order valence-electron chi connectivity index (χ1n) is 6.31. The van der Waals surface area contributed by atoms with Crippen LogP contribution in [-0.4, -0.2) is 38.0 Å². The van der Waals surface area contributed by atoms with E-state index in [-0.39, 0.29) is 6.61 Å². The van der Waals surface area contributed by atoms with Crippen molar-refractivity contribution in [3.05, 3.63) is 12.1 Å². The lowest BCUT2D eigenvalue weighted by Crippen LogP contribution is -2.28. The molecule has 1 aromatic rings. The van der Waals surface area contributed by atoms with E-state index in [0.29, 0.717) is 31.2 Å². The molecule has 5 heteroatoms. The number of hydrogen-bond donors (Lipinski definition) is 2. The average molecular weight is 252 g/mol. The first kappa shape index (κ1) is 12.8. The van der Waals surface area contributed by atoms with E-state index < -0.39 is 0 Å². The second-order valence-electron chi connectivity index (χ2n) is 4.27. The van der Waals surface area contributed by atoms with Gasteiger partial charge in [-0.1, -0.05) is 6.92 Å². The second kappa shape index (κ2) is 5.82. The van der Waals surface area contributed by atoms with Gasteiger partial charge in [0.2, 0.25) is 0 Å². The number of aliphatic hydroxyl groups excluding tert-OH is 1. The average Bonchev–Trinajstić information content (AvgIpc) is 2.38. The summed E-state index contributed by atoms with van der Waals surface area (Å²) >= 11 is 0. The van der Waals surface area contributed by atoms with Crippen LogP contribution in [-0.2, 0) is 0 Å². The summed E-state index contributed by atoms with van der Waals surface area (Å²) in [6.07, 6.45) is 0.994. The Hall–Kier alpha value is -1.62. The Morgan fingerprint density at radius 2 is 1.89 bits per heavy atom. The topological polar surface area (TPSA) is 68.0 Å². The van der Waals surface area contributed by atoms with Crippen LogP contribution in [0.15, 0.2) is 12.1 Å². The number of benzene rings is 1. The van der Waals surface area contributed by atoms with Crippen LogP contribution in [0.4, 0.5) is 11.4 Å². The van der Waals surface area contributed by atoms with Gasteiger partial charge in [-0.3, -0.25) is 0 Å². The summed E-state index contributed by atoms with van der Waals surface area (Å²) < 4.78 is 11.0. The van der Waals surface area contributed by atoms with E-state index in [9.17, 15) is 0 Å². The van der Waals surface area contributed by atoms with E-state index in [2.05, 4.69) is 11.8 Å². The molecule has 3 N–H and O–H groups in total. The Bertz CT molecular complexity index is 403. The molecular weight excluding hydrogens is 232 g/mol. The first-order valence-corrected chi connectivity index (χ1v) is 6.31. The molecule has 1 aromatic carbocycles. The van der Waals surface area contributed by atoms with Gasteiger partial charge in [0.1, 0.15) is 13.2 Å². The molecule has 0 fully saturated rings. The van der Waals surface area contributed by atoms with E-state index in [4.69, 9.17) is 20.3 Å². The predicted molar refractivity (Wildman–Crippen MR) is 71.4 cm³/mol. The number of anilines is 2. The molecule has 0 atom stereocenters. The highest BCUT2D eigenvalue weighted by molar-refractivity contribution is 5.73. The molecule has 0 unspecified atom stereocenters. The fourth-order valence-corrected chi connectivity index (χ4v) is 2.11. The fraction of sp³-hybridized carbons (Fsp3) is 0.538. The fourth-order valence-electron chi connectivity index (χ4n) is 2.11. The summed E-state index contributed by atoms with van der Waals surface area (Å²) in [5, 5.41) is 9.12. The van der Waals surface area contributed by atoms with Gasteiger partial charge in [0.25, 0.3) is 0 Å². The number of ether oxygens (including phenoxy) is 2. The van der Waals surface area contributed by atoms with Gasteiger partial charge >= 0.3 is 0 Å². The minimum absolute atomic E-state index is 0.105. The normalized spacial score (nSPS) is 13.4. The van der Waals surface area contributed by atoms with Crippen LogP contribution in [0, 0.1) is 0 Å². The Morgan fingerprint density at radius 3 is 2.50 bits per heavy atom. The van der Waals surface area contributed by atoms with Crippen molar-refractivity contribution < 1.29 is 14.6 Å². The second-order valence-corrected chi connectivity index (χ2v) is 4.27. The van der Waals surface area contributed by atoms with Crippen LogP contribution in [0.3, 0.4) is 0 Å². The molecule has 0 bridgehead atoms. The zero-order valence-electron chi connectivity index (χ0n) is 10.7. The van der Waals surface area contributed by atoms with Crippen molar-refractivity contribution in [2.24, 2.45) is 0 Å². The lowest BCUT2D eigenvalue weighted by Gasteiger charge is -2.27. The Kier molecular flexibility index (Phi) is 4.15. The van der Waals surface area contributed by atoms with Gasteiger partial charge in [-0.2, -0.15) is 0 Å². The summed E-state index contributed by atoms with van der Waals surface area (Å²) in [4.78, 5) is 2.06. The van der Waals surface area contributed by atoms with Crippen LogP contribution in [0.5, 0.6) is 11.5 Å². The maximum atomic E-state index is 9.12. The van der Waals surface area contributed by atoms with Gasteiger partial charge in [0.05, 0.1) is 18.0 Å². The predicted octanol–water partition coefficient (Wildman–Crippen LogP) is 1.25. The van der Waals surface area contributed by atoms with Gasteiger partial charge in [0, 0.05) is 25.2 Å². The third kappa shape index (κ3) is 2.61. The zero-order chi connectivity index (χ0) is 13.0. The van der Waals surface area contributed by atoms with Gasteiger partial charge in [-0.15, -0.1) is 0 Å². The highest BCUT2D eigenvalue weighted by atomic mass is 16.6. The van der Waals surface area contributed by atoms with Crippen LogP contribution >= 0.6 is 0 Å². The third-order valence-corrected chi connectivity index (χ3v) is 2.90. The molecule has 1 aliphatic heterocycles. The number of rotatable bonds is 5. The maximum absolute atomic E-state index is 9.12. The number of nitrogens with zero attached hydrogens (tertiary/aromatic N) is 1. The lowest BCUT2D eigenvalue weighted by molar-refractivity contribution is 0.172. The number of aliphatic hydroxyl groups is 1. The molecule has 0 saturated heterocycles. The smallest absolute Gasteiger partial charge is 0.163 e. The molecule has 1 aliphatic rings. The SMILES string of the molecule is CCCN(CCO)c1cc2c(cc1N)OCCO2. The molecule has 5 nitrogen and oxygen atoms in total. The van der Waals surface area contributed by atoms with Crippen LogP contribution in [0.25, 0.3) is 0 Å². The van der Waals surface area contributed by atoms with Crippen molar-refractivity contribution in [2.75, 3.05) is 43.5 Å². The highest BCUT2D eigenvalue weighted by Gasteiger charge is 2.17. The number of nitrogens with two attached hydrogens (primary N) is 1. The lowest BCUT2D eigenvalue weighted by atomic mass is 10.2. The highest BCUT2D eigenvalue weighted by Crippen LogP contribution is 2.38. The van der Waals surface area contributed by atoms with Crippen LogP contribution < -0.4 is 20.1 Å². The zero-order valence-corrected chi connectivity index (χ0v) is 10.7. The van der Waals surface area contributed by atoms with Crippen molar-refractivity contribution in [1.29, 1.82) is 0 Å². The minimum atomic E-state index is 0.105. The van der Waals surface area contributed by atoms with Crippen molar-refractivity contribution in [3.8, 4) is 11.5 Å². The molecule has 0 spiro atoms. The molecule has 0 aromatic heterocycles.